The standard InChI is InChI=1S/C16H23NO2/c1-4-15(16(18)17-9-5-6-10-17)19-14-8-7-12(2)13(3)11-14/h7-8,11,15H,4-6,9-10H2,1-3H3/t15-/m1/s1. The number of benzene rings is 1. The molecule has 0 unspecified atom stereocenters. The number of hydrogen-bond donors (Lipinski definition) is 0. The van der Waals surface area contributed by atoms with E-state index in [0.717, 1.165) is 31.7 Å². The zero-order valence-electron chi connectivity index (χ0n) is 12.1. The van der Waals surface area contributed by atoms with Gasteiger partial charge >= 0.3 is 0 Å². The van der Waals surface area contributed by atoms with Crippen LogP contribution in [0.3, 0.4) is 0 Å². The molecule has 1 fully saturated rings. The molecule has 2 rings (SSSR count). The number of ether oxygens (including phenoxy) is 1. The largest absolute Gasteiger partial charge is 0.481 e. The van der Waals surface area contributed by atoms with E-state index in [1.165, 1.54) is 11.1 Å². The highest BCUT2D eigenvalue weighted by molar-refractivity contribution is 5.81. The fourth-order valence-corrected chi connectivity index (χ4v) is 2.40. The van der Waals surface area contributed by atoms with Crippen LogP contribution in [0.4, 0.5) is 0 Å². The average molecular weight is 261 g/mol. The molecule has 0 aromatic heterocycles. The average Bonchev–Trinajstić information content (AvgIpc) is 2.93. The van der Waals surface area contributed by atoms with Gasteiger partial charge in [-0.3, -0.25) is 4.79 Å². The van der Waals surface area contributed by atoms with Crippen molar-refractivity contribution in [2.75, 3.05) is 13.1 Å². The van der Waals surface area contributed by atoms with Gasteiger partial charge in [0.2, 0.25) is 0 Å². The normalized spacial score (nSPS) is 16.5. The molecule has 1 amide bonds. The third kappa shape index (κ3) is 3.28. The van der Waals surface area contributed by atoms with Crippen LogP contribution in [0.2, 0.25) is 0 Å². The number of aryl methyl sites for hydroxylation is 2. The van der Waals surface area contributed by atoms with Crippen LogP contribution in [0.15, 0.2) is 18.2 Å². The maximum Gasteiger partial charge on any atom is 0.263 e. The Labute approximate surface area is 115 Å². The highest BCUT2D eigenvalue weighted by Crippen LogP contribution is 2.20. The Morgan fingerprint density at radius 3 is 2.53 bits per heavy atom. The lowest BCUT2D eigenvalue weighted by atomic mass is 10.1. The van der Waals surface area contributed by atoms with Crippen LogP contribution in [0.25, 0.3) is 0 Å². The first-order valence-corrected chi connectivity index (χ1v) is 7.14. The molecule has 0 spiro atoms. The number of nitrogens with zero attached hydrogens (tertiary/aromatic N) is 1. The maximum atomic E-state index is 12.3. The first-order valence-electron chi connectivity index (χ1n) is 7.14. The van der Waals surface area contributed by atoms with Crippen LogP contribution >= 0.6 is 0 Å². The molecule has 0 bridgehead atoms. The van der Waals surface area contributed by atoms with E-state index >= 15 is 0 Å². The van der Waals surface area contributed by atoms with Crippen LogP contribution in [-0.2, 0) is 4.79 Å². The number of carbonyl (C=O) groups is 1. The van der Waals surface area contributed by atoms with E-state index < -0.39 is 0 Å². The van der Waals surface area contributed by atoms with Crippen LogP contribution in [0, 0.1) is 13.8 Å². The van der Waals surface area contributed by atoms with E-state index in [1.807, 2.05) is 30.0 Å². The van der Waals surface area contributed by atoms with Gasteiger partial charge in [0.25, 0.3) is 5.91 Å². The molecule has 1 aromatic carbocycles. The molecule has 3 heteroatoms. The molecule has 0 saturated carbocycles. The van der Waals surface area contributed by atoms with Crippen LogP contribution in [0.1, 0.15) is 37.3 Å². The van der Waals surface area contributed by atoms with Crippen molar-refractivity contribution >= 4 is 5.91 Å². The summed E-state index contributed by atoms with van der Waals surface area (Å²) >= 11 is 0. The van der Waals surface area contributed by atoms with Gasteiger partial charge in [0.15, 0.2) is 6.10 Å². The van der Waals surface area contributed by atoms with Gasteiger partial charge in [0.1, 0.15) is 5.75 Å². The smallest absolute Gasteiger partial charge is 0.263 e. The molecule has 0 radical (unpaired) electrons. The highest BCUT2D eigenvalue weighted by atomic mass is 16.5. The molecule has 1 atom stereocenters. The molecule has 1 aliphatic heterocycles. The van der Waals surface area contributed by atoms with Gasteiger partial charge in [0, 0.05) is 13.1 Å². The molecule has 3 nitrogen and oxygen atoms in total. The molecule has 1 heterocycles. The van der Waals surface area contributed by atoms with Crippen molar-refractivity contribution in [1.29, 1.82) is 0 Å². The third-order valence-corrected chi connectivity index (χ3v) is 3.82. The third-order valence-electron chi connectivity index (χ3n) is 3.82. The SMILES string of the molecule is CC[C@@H](Oc1ccc(C)c(C)c1)C(=O)N1CCCC1. The minimum Gasteiger partial charge on any atom is -0.481 e. The van der Waals surface area contributed by atoms with Crippen molar-refractivity contribution in [2.24, 2.45) is 0 Å². The molecule has 0 N–H and O–H groups in total. The molecule has 1 aromatic rings. The molecular formula is C16H23NO2. The maximum absolute atomic E-state index is 12.3. The van der Waals surface area contributed by atoms with E-state index in [4.69, 9.17) is 4.74 Å². The van der Waals surface area contributed by atoms with E-state index in [2.05, 4.69) is 13.8 Å². The van der Waals surface area contributed by atoms with Crippen molar-refractivity contribution in [3.63, 3.8) is 0 Å². The summed E-state index contributed by atoms with van der Waals surface area (Å²) in [5.41, 5.74) is 2.44. The monoisotopic (exact) mass is 261 g/mol. The topological polar surface area (TPSA) is 29.5 Å². The Hall–Kier alpha value is -1.51. The lowest BCUT2D eigenvalue weighted by Crippen LogP contribution is -2.40. The Morgan fingerprint density at radius 2 is 1.95 bits per heavy atom. The second kappa shape index (κ2) is 6.09. The Balaban J connectivity index is 2.05. The van der Waals surface area contributed by atoms with Crippen LogP contribution < -0.4 is 4.74 Å². The highest BCUT2D eigenvalue weighted by Gasteiger charge is 2.26. The van der Waals surface area contributed by atoms with E-state index in [1.54, 1.807) is 0 Å². The van der Waals surface area contributed by atoms with Crippen molar-refractivity contribution < 1.29 is 9.53 Å². The molecule has 1 aliphatic rings. The lowest BCUT2D eigenvalue weighted by molar-refractivity contribution is -0.137. The number of carbonyl (C=O) groups excluding carboxylic acids is 1. The van der Waals surface area contributed by atoms with Gasteiger partial charge in [-0.25, -0.2) is 0 Å². The first kappa shape index (κ1) is 13.9. The summed E-state index contributed by atoms with van der Waals surface area (Å²) in [7, 11) is 0. The molecule has 0 aliphatic carbocycles. The zero-order chi connectivity index (χ0) is 13.8. The van der Waals surface area contributed by atoms with Crippen molar-refractivity contribution in [2.45, 2.75) is 46.1 Å². The van der Waals surface area contributed by atoms with Gasteiger partial charge in [-0.05, 0) is 56.4 Å². The zero-order valence-corrected chi connectivity index (χ0v) is 12.1. The van der Waals surface area contributed by atoms with E-state index in [-0.39, 0.29) is 12.0 Å². The molecule has 104 valence electrons. The van der Waals surface area contributed by atoms with Gasteiger partial charge in [-0.2, -0.15) is 0 Å². The quantitative estimate of drug-likeness (QED) is 0.833. The summed E-state index contributed by atoms with van der Waals surface area (Å²) in [4.78, 5) is 14.3. The first-order chi connectivity index (χ1) is 9.11. The molecule has 19 heavy (non-hydrogen) atoms. The number of amides is 1. The van der Waals surface area contributed by atoms with Crippen molar-refractivity contribution in [3.05, 3.63) is 29.3 Å². The fourth-order valence-electron chi connectivity index (χ4n) is 2.40. The summed E-state index contributed by atoms with van der Waals surface area (Å²) in [6.45, 7) is 7.90. The Bertz CT molecular complexity index is 450. The number of rotatable bonds is 4. The van der Waals surface area contributed by atoms with Gasteiger partial charge < -0.3 is 9.64 Å². The predicted octanol–water partition coefficient (Wildman–Crippen LogP) is 3.08. The Kier molecular flexibility index (Phi) is 4.46. The number of likely N-dealkylation sites (tertiary alicyclic amines) is 1. The Morgan fingerprint density at radius 1 is 1.26 bits per heavy atom. The van der Waals surface area contributed by atoms with Crippen LogP contribution in [-0.4, -0.2) is 30.0 Å². The lowest BCUT2D eigenvalue weighted by Gasteiger charge is -2.23. The summed E-state index contributed by atoms with van der Waals surface area (Å²) < 4.78 is 5.88. The fraction of sp³-hybridized carbons (Fsp3) is 0.562. The van der Waals surface area contributed by atoms with E-state index in [0.29, 0.717) is 6.42 Å². The minimum atomic E-state index is -0.347. The predicted molar refractivity (Wildman–Crippen MR) is 76.4 cm³/mol. The van der Waals surface area contributed by atoms with Crippen molar-refractivity contribution in [3.8, 4) is 5.75 Å². The second-order valence-corrected chi connectivity index (χ2v) is 5.29. The summed E-state index contributed by atoms with van der Waals surface area (Å²) in [6, 6.07) is 6.00. The second-order valence-electron chi connectivity index (χ2n) is 5.29. The van der Waals surface area contributed by atoms with Gasteiger partial charge in [-0.15, -0.1) is 0 Å². The van der Waals surface area contributed by atoms with E-state index in [9.17, 15) is 4.79 Å². The van der Waals surface area contributed by atoms with Crippen molar-refractivity contribution in [1.82, 2.24) is 4.90 Å². The summed E-state index contributed by atoms with van der Waals surface area (Å²) in [5.74, 6) is 0.931. The van der Waals surface area contributed by atoms with Gasteiger partial charge in [0.05, 0.1) is 0 Å². The summed E-state index contributed by atoms with van der Waals surface area (Å²) in [5, 5.41) is 0. The molecule has 1 saturated heterocycles. The van der Waals surface area contributed by atoms with Crippen LogP contribution in [0.5, 0.6) is 5.75 Å². The molecular weight excluding hydrogens is 238 g/mol. The number of hydrogen-bond acceptors (Lipinski definition) is 2. The van der Waals surface area contributed by atoms with Gasteiger partial charge in [-0.1, -0.05) is 13.0 Å². The summed E-state index contributed by atoms with van der Waals surface area (Å²) in [6.07, 6.45) is 2.60. The minimum absolute atomic E-state index is 0.137.